The molecule has 4 N–H and O–H groups in total. The summed E-state index contributed by atoms with van der Waals surface area (Å²) >= 11 is 0. The predicted molar refractivity (Wildman–Crippen MR) is 118 cm³/mol. The lowest BCUT2D eigenvalue weighted by Crippen LogP contribution is -2.07. The Morgan fingerprint density at radius 1 is 1.07 bits per heavy atom. The summed E-state index contributed by atoms with van der Waals surface area (Å²) < 4.78 is 1.57. The molecule has 7 heteroatoms. The molecular weight excluding hydrogens is 376 g/mol. The van der Waals surface area contributed by atoms with Crippen LogP contribution >= 0.6 is 0 Å². The summed E-state index contributed by atoms with van der Waals surface area (Å²) in [6.07, 6.45) is 1.52. The van der Waals surface area contributed by atoms with E-state index in [1.807, 2.05) is 37.3 Å². The maximum Gasteiger partial charge on any atom is 0.214 e. The molecule has 2 aromatic carbocycles. The maximum atomic E-state index is 13.1. The van der Waals surface area contributed by atoms with Crippen LogP contribution in [-0.2, 0) is 0 Å². The molecule has 0 saturated heterocycles. The lowest BCUT2D eigenvalue weighted by atomic mass is 10.0. The number of H-pyrrole nitrogens is 2. The number of fused-ring (bicyclic) bond motifs is 2. The minimum Gasteiger partial charge on any atom is -0.383 e. The lowest BCUT2D eigenvalue weighted by molar-refractivity contribution is 0.103. The number of hydrogen-bond donors (Lipinski definition) is 3. The highest BCUT2D eigenvalue weighted by Gasteiger charge is 2.20. The van der Waals surface area contributed by atoms with Crippen LogP contribution < -0.4 is 5.73 Å². The zero-order chi connectivity index (χ0) is 21.0. The molecule has 0 aliphatic heterocycles. The standard InChI is InChI=1S/C23H22N6O/c1-12(2)14-4-5-15-9-21(28-19(15)8-14)22(30)17-11-25-29(23(17)24)16-6-7-18-20(10-16)27-13(3)26-18/h4-12,28H,24H2,1-3H3,(H,26,27). The van der Waals surface area contributed by atoms with Gasteiger partial charge in [0.25, 0.3) is 0 Å². The van der Waals surface area contributed by atoms with E-state index in [0.29, 0.717) is 23.0 Å². The molecule has 0 radical (unpaired) electrons. The number of carbonyl (C=O) groups is 1. The fraction of sp³-hybridized carbons (Fsp3) is 0.174. The first-order valence-corrected chi connectivity index (χ1v) is 9.88. The van der Waals surface area contributed by atoms with Gasteiger partial charge in [0.2, 0.25) is 5.78 Å². The van der Waals surface area contributed by atoms with Gasteiger partial charge in [-0.3, -0.25) is 4.79 Å². The Bertz CT molecular complexity index is 1420. The number of anilines is 1. The third-order valence-corrected chi connectivity index (χ3v) is 5.44. The van der Waals surface area contributed by atoms with Gasteiger partial charge in [-0.25, -0.2) is 9.67 Å². The van der Waals surface area contributed by atoms with Gasteiger partial charge in [-0.1, -0.05) is 26.0 Å². The van der Waals surface area contributed by atoms with Crippen LogP contribution in [0.2, 0.25) is 0 Å². The maximum absolute atomic E-state index is 13.1. The van der Waals surface area contributed by atoms with Gasteiger partial charge in [-0.2, -0.15) is 5.10 Å². The summed E-state index contributed by atoms with van der Waals surface area (Å²) in [5, 5.41) is 5.35. The van der Waals surface area contributed by atoms with E-state index in [1.165, 1.54) is 11.8 Å². The van der Waals surface area contributed by atoms with Crippen molar-refractivity contribution in [3.05, 3.63) is 71.3 Å². The first kappa shape index (κ1) is 18.2. The van der Waals surface area contributed by atoms with Gasteiger partial charge < -0.3 is 15.7 Å². The van der Waals surface area contributed by atoms with Crippen LogP contribution in [0.4, 0.5) is 5.82 Å². The normalized spacial score (nSPS) is 11.7. The van der Waals surface area contributed by atoms with Gasteiger partial charge in [0, 0.05) is 10.9 Å². The Labute approximate surface area is 172 Å². The topological polar surface area (TPSA) is 105 Å². The third kappa shape index (κ3) is 2.86. The van der Waals surface area contributed by atoms with Crippen molar-refractivity contribution in [3.63, 3.8) is 0 Å². The van der Waals surface area contributed by atoms with Gasteiger partial charge in [0.05, 0.1) is 34.2 Å². The van der Waals surface area contributed by atoms with Crippen LogP contribution in [0.5, 0.6) is 0 Å². The van der Waals surface area contributed by atoms with Crippen LogP contribution in [0.1, 0.15) is 47.2 Å². The van der Waals surface area contributed by atoms with E-state index in [1.54, 1.807) is 4.68 Å². The monoisotopic (exact) mass is 398 g/mol. The van der Waals surface area contributed by atoms with E-state index in [2.05, 4.69) is 46.0 Å². The number of carbonyl (C=O) groups excluding carboxylic acids is 1. The number of ketones is 1. The number of aryl methyl sites for hydroxylation is 1. The number of benzene rings is 2. The number of nitrogens with two attached hydrogens (primary N) is 1. The number of rotatable bonds is 4. The summed E-state index contributed by atoms with van der Waals surface area (Å²) in [6, 6.07) is 13.8. The first-order chi connectivity index (χ1) is 14.4. The summed E-state index contributed by atoms with van der Waals surface area (Å²) in [7, 11) is 0. The van der Waals surface area contributed by atoms with Gasteiger partial charge in [-0.05, 0) is 48.7 Å². The molecule has 0 unspecified atom stereocenters. The zero-order valence-electron chi connectivity index (χ0n) is 17.0. The molecule has 150 valence electrons. The van der Waals surface area contributed by atoms with Crippen LogP contribution in [0, 0.1) is 6.92 Å². The minimum atomic E-state index is -0.181. The van der Waals surface area contributed by atoms with Crippen LogP contribution in [0.25, 0.3) is 27.6 Å². The molecule has 5 rings (SSSR count). The van der Waals surface area contributed by atoms with E-state index in [-0.39, 0.29) is 5.78 Å². The number of aromatic nitrogens is 5. The zero-order valence-corrected chi connectivity index (χ0v) is 17.0. The van der Waals surface area contributed by atoms with Crippen LogP contribution in [0.15, 0.2) is 48.7 Å². The smallest absolute Gasteiger partial charge is 0.214 e. The highest BCUT2D eigenvalue weighted by Crippen LogP contribution is 2.26. The predicted octanol–water partition coefficient (Wildman–Crippen LogP) is 4.47. The quantitative estimate of drug-likeness (QED) is 0.388. The van der Waals surface area contributed by atoms with Crippen molar-refractivity contribution in [2.45, 2.75) is 26.7 Å². The van der Waals surface area contributed by atoms with Crippen molar-refractivity contribution in [2.75, 3.05) is 5.73 Å². The van der Waals surface area contributed by atoms with E-state index in [9.17, 15) is 4.79 Å². The Morgan fingerprint density at radius 3 is 2.70 bits per heavy atom. The molecule has 0 saturated carbocycles. The Balaban J connectivity index is 1.52. The Hall–Kier alpha value is -3.87. The molecule has 0 atom stereocenters. The van der Waals surface area contributed by atoms with Crippen molar-refractivity contribution in [3.8, 4) is 5.69 Å². The van der Waals surface area contributed by atoms with Gasteiger partial charge >= 0.3 is 0 Å². The summed E-state index contributed by atoms with van der Waals surface area (Å²) in [6.45, 7) is 6.20. The van der Waals surface area contributed by atoms with Crippen molar-refractivity contribution >= 4 is 33.5 Å². The molecule has 0 amide bonds. The average molecular weight is 398 g/mol. The number of aromatic amines is 2. The lowest BCUT2D eigenvalue weighted by Gasteiger charge is -2.05. The SMILES string of the molecule is Cc1nc2ccc(-n3ncc(C(=O)c4cc5ccc(C(C)C)cc5[nH]4)c3N)cc2[nH]1. The van der Waals surface area contributed by atoms with E-state index < -0.39 is 0 Å². The largest absolute Gasteiger partial charge is 0.383 e. The second-order valence-electron chi connectivity index (χ2n) is 7.89. The number of hydrogen-bond acceptors (Lipinski definition) is 4. The van der Waals surface area contributed by atoms with E-state index in [4.69, 9.17) is 5.73 Å². The third-order valence-electron chi connectivity index (χ3n) is 5.44. The van der Waals surface area contributed by atoms with Crippen molar-refractivity contribution < 1.29 is 4.79 Å². The van der Waals surface area contributed by atoms with Crippen molar-refractivity contribution in [1.82, 2.24) is 24.7 Å². The van der Waals surface area contributed by atoms with Gasteiger partial charge in [0.1, 0.15) is 11.6 Å². The molecule has 7 nitrogen and oxygen atoms in total. The van der Waals surface area contributed by atoms with Crippen molar-refractivity contribution in [1.29, 1.82) is 0 Å². The number of imidazole rings is 1. The van der Waals surface area contributed by atoms with Crippen LogP contribution in [0.3, 0.4) is 0 Å². The van der Waals surface area contributed by atoms with Gasteiger partial charge in [0.15, 0.2) is 0 Å². The molecule has 0 bridgehead atoms. The molecule has 0 fully saturated rings. The highest BCUT2D eigenvalue weighted by molar-refractivity contribution is 6.12. The van der Waals surface area contributed by atoms with Crippen LogP contribution in [-0.4, -0.2) is 30.5 Å². The van der Waals surface area contributed by atoms with Gasteiger partial charge in [-0.15, -0.1) is 0 Å². The minimum absolute atomic E-state index is 0.181. The van der Waals surface area contributed by atoms with E-state index in [0.717, 1.165) is 33.4 Å². The Kier molecular flexibility index (Phi) is 3.99. The summed E-state index contributed by atoms with van der Waals surface area (Å²) in [5.41, 5.74) is 11.9. The highest BCUT2D eigenvalue weighted by atomic mass is 16.1. The fourth-order valence-corrected chi connectivity index (χ4v) is 3.77. The first-order valence-electron chi connectivity index (χ1n) is 9.88. The van der Waals surface area contributed by atoms with Crippen molar-refractivity contribution in [2.24, 2.45) is 0 Å². The number of nitrogens with one attached hydrogen (secondary N) is 2. The average Bonchev–Trinajstić information content (AvgIpc) is 3.41. The second kappa shape index (κ2) is 6.59. The second-order valence-corrected chi connectivity index (χ2v) is 7.89. The fourth-order valence-electron chi connectivity index (χ4n) is 3.77. The molecule has 0 aliphatic carbocycles. The molecule has 0 aliphatic rings. The molecule has 5 aromatic rings. The number of nitrogen functional groups attached to an aromatic ring is 1. The number of nitrogens with zero attached hydrogens (tertiary/aromatic N) is 3. The Morgan fingerprint density at radius 2 is 1.90 bits per heavy atom. The summed E-state index contributed by atoms with van der Waals surface area (Å²) in [5.74, 6) is 1.38. The molecular formula is C23H22N6O. The summed E-state index contributed by atoms with van der Waals surface area (Å²) in [4.78, 5) is 24.0. The molecule has 0 spiro atoms. The molecule has 3 aromatic heterocycles. The molecule has 3 heterocycles. The molecule has 30 heavy (non-hydrogen) atoms. The van der Waals surface area contributed by atoms with E-state index >= 15 is 0 Å².